The highest BCUT2D eigenvalue weighted by Crippen LogP contribution is 2.33. The minimum Gasteiger partial charge on any atom is -0.388 e. The lowest BCUT2D eigenvalue weighted by atomic mass is 9.89. The van der Waals surface area contributed by atoms with Gasteiger partial charge in [-0.15, -0.1) is 0 Å². The number of rotatable bonds is 0. The lowest BCUT2D eigenvalue weighted by Gasteiger charge is -2.21. The average molecular weight is 245 g/mol. The van der Waals surface area contributed by atoms with Crippen molar-refractivity contribution in [3.63, 3.8) is 0 Å². The molecule has 0 amide bonds. The zero-order valence-electron chi connectivity index (χ0n) is 7.06. The molecular formula is C10H10BrFO. The third kappa shape index (κ3) is 1.63. The summed E-state index contributed by atoms with van der Waals surface area (Å²) in [5.41, 5.74) is 1.43. The third-order valence-corrected chi connectivity index (χ3v) is 2.92. The minimum absolute atomic E-state index is 0.205. The SMILES string of the molecule is OC1CCCc2c(F)cc(Br)cc21. The molecular weight excluding hydrogens is 235 g/mol. The lowest BCUT2D eigenvalue weighted by Crippen LogP contribution is -2.10. The van der Waals surface area contributed by atoms with Crippen molar-refractivity contribution in [1.82, 2.24) is 0 Å². The summed E-state index contributed by atoms with van der Waals surface area (Å²) in [5.74, 6) is -0.205. The normalized spacial score (nSPS) is 21.3. The Morgan fingerprint density at radius 3 is 3.00 bits per heavy atom. The third-order valence-electron chi connectivity index (χ3n) is 2.46. The highest BCUT2D eigenvalue weighted by Gasteiger charge is 2.21. The summed E-state index contributed by atoms with van der Waals surface area (Å²) >= 11 is 3.22. The molecule has 0 heterocycles. The van der Waals surface area contributed by atoms with Crippen molar-refractivity contribution in [3.05, 3.63) is 33.5 Å². The van der Waals surface area contributed by atoms with Crippen molar-refractivity contribution in [3.8, 4) is 0 Å². The Labute approximate surface area is 84.7 Å². The summed E-state index contributed by atoms with van der Waals surface area (Å²) in [6, 6.07) is 3.26. The van der Waals surface area contributed by atoms with E-state index >= 15 is 0 Å². The molecule has 1 aromatic rings. The fourth-order valence-corrected chi connectivity index (χ4v) is 2.26. The number of fused-ring (bicyclic) bond motifs is 1. The standard InChI is InChI=1S/C10H10BrFO/c11-6-4-8-7(9(12)5-6)2-1-3-10(8)13/h4-5,10,13H,1-3H2. The summed E-state index contributed by atoms with van der Waals surface area (Å²) in [6.07, 6.45) is 1.86. The van der Waals surface area contributed by atoms with Crippen molar-refractivity contribution in [2.45, 2.75) is 25.4 Å². The zero-order chi connectivity index (χ0) is 9.42. The first-order valence-corrected chi connectivity index (χ1v) is 5.13. The van der Waals surface area contributed by atoms with Crippen LogP contribution in [0, 0.1) is 5.82 Å². The average Bonchev–Trinajstić information content (AvgIpc) is 2.07. The van der Waals surface area contributed by atoms with Crippen LogP contribution in [0.4, 0.5) is 4.39 Å². The van der Waals surface area contributed by atoms with Gasteiger partial charge < -0.3 is 5.11 Å². The van der Waals surface area contributed by atoms with Gasteiger partial charge >= 0.3 is 0 Å². The second kappa shape index (κ2) is 3.39. The summed E-state index contributed by atoms with van der Waals surface area (Å²) < 4.78 is 14.1. The molecule has 3 heteroatoms. The molecule has 0 saturated heterocycles. The van der Waals surface area contributed by atoms with Crippen LogP contribution in [-0.2, 0) is 6.42 Å². The van der Waals surface area contributed by atoms with E-state index in [-0.39, 0.29) is 5.82 Å². The van der Waals surface area contributed by atoms with Crippen LogP contribution in [0.5, 0.6) is 0 Å². The number of halogens is 2. The predicted molar refractivity (Wildman–Crippen MR) is 52.0 cm³/mol. The van der Waals surface area contributed by atoms with E-state index in [9.17, 15) is 9.50 Å². The van der Waals surface area contributed by atoms with Gasteiger partial charge in [0.1, 0.15) is 5.82 Å². The van der Waals surface area contributed by atoms with Crippen LogP contribution < -0.4 is 0 Å². The van der Waals surface area contributed by atoms with Gasteiger partial charge in [0.2, 0.25) is 0 Å². The Morgan fingerprint density at radius 2 is 2.23 bits per heavy atom. The van der Waals surface area contributed by atoms with Crippen LogP contribution in [0.1, 0.15) is 30.1 Å². The minimum atomic E-state index is -0.490. The van der Waals surface area contributed by atoms with Crippen LogP contribution in [0.25, 0.3) is 0 Å². The Kier molecular flexibility index (Phi) is 2.39. The molecule has 0 bridgehead atoms. The lowest BCUT2D eigenvalue weighted by molar-refractivity contribution is 0.155. The monoisotopic (exact) mass is 244 g/mol. The van der Waals surface area contributed by atoms with Crippen molar-refractivity contribution in [2.24, 2.45) is 0 Å². The molecule has 0 aliphatic heterocycles. The first-order valence-electron chi connectivity index (χ1n) is 4.34. The highest BCUT2D eigenvalue weighted by molar-refractivity contribution is 9.10. The maximum atomic E-state index is 13.4. The van der Waals surface area contributed by atoms with Crippen LogP contribution >= 0.6 is 15.9 Å². The Hall–Kier alpha value is -0.410. The molecule has 1 nitrogen and oxygen atoms in total. The first kappa shape index (κ1) is 9.16. The number of hydrogen-bond acceptors (Lipinski definition) is 1. The van der Waals surface area contributed by atoms with Crippen molar-refractivity contribution >= 4 is 15.9 Å². The van der Waals surface area contributed by atoms with E-state index < -0.39 is 6.10 Å². The van der Waals surface area contributed by atoms with Gasteiger partial charge in [-0.3, -0.25) is 0 Å². The van der Waals surface area contributed by atoms with E-state index in [1.807, 2.05) is 6.07 Å². The van der Waals surface area contributed by atoms with Gasteiger partial charge in [0.15, 0.2) is 0 Å². The molecule has 0 aromatic heterocycles. The van der Waals surface area contributed by atoms with E-state index in [0.717, 1.165) is 24.8 Å². The number of hydrogen-bond donors (Lipinski definition) is 1. The van der Waals surface area contributed by atoms with Gasteiger partial charge in [-0.2, -0.15) is 0 Å². The molecule has 0 spiro atoms. The zero-order valence-corrected chi connectivity index (χ0v) is 8.64. The molecule has 13 heavy (non-hydrogen) atoms. The smallest absolute Gasteiger partial charge is 0.127 e. The van der Waals surface area contributed by atoms with E-state index in [0.29, 0.717) is 10.0 Å². The molecule has 1 atom stereocenters. The molecule has 1 aliphatic carbocycles. The summed E-state index contributed by atoms with van der Waals surface area (Å²) in [4.78, 5) is 0. The Morgan fingerprint density at radius 1 is 1.46 bits per heavy atom. The molecule has 1 N–H and O–H groups in total. The predicted octanol–water partition coefficient (Wildman–Crippen LogP) is 2.96. The molecule has 0 fully saturated rings. The fraction of sp³-hybridized carbons (Fsp3) is 0.400. The van der Waals surface area contributed by atoms with E-state index in [4.69, 9.17) is 0 Å². The maximum Gasteiger partial charge on any atom is 0.127 e. The molecule has 1 aliphatic rings. The fourth-order valence-electron chi connectivity index (χ4n) is 1.81. The summed E-state index contributed by atoms with van der Waals surface area (Å²) in [7, 11) is 0. The molecule has 0 saturated carbocycles. The van der Waals surface area contributed by atoms with Crippen molar-refractivity contribution < 1.29 is 9.50 Å². The molecule has 2 rings (SSSR count). The largest absolute Gasteiger partial charge is 0.388 e. The van der Waals surface area contributed by atoms with Crippen LogP contribution in [0.15, 0.2) is 16.6 Å². The van der Waals surface area contributed by atoms with E-state index in [1.165, 1.54) is 6.07 Å². The van der Waals surface area contributed by atoms with E-state index in [1.54, 1.807) is 0 Å². The summed E-state index contributed by atoms with van der Waals surface area (Å²) in [5, 5.41) is 9.62. The summed E-state index contributed by atoms with van der Waals surface area (Å²) in [6.45, 7) is 0. The maximum absolute atomic E-state index is 13.4. The van der Waals surface area contributed by atoms with Crippen LogP contribution in [0.2, 0.25) is 0 Å². The number of benzene rings is 1. The van der Waals surface area contributed by atoms with E-state index in [2.05, 4.69) is 15.9 Å². The molecule has 1 aromatic carbocycles. The number of aliphatic hydroxyl groups is 1. The Bertz CT molecular complexity index is 338. The van der Waals surface area contributed by atoms with Gasteiger partial charge in [-0.25, -0.2) is 4.39 Å². The van der Waals surface area contributed by atoms with Crippen LogP contribution in [-0.4, -0.2) is 5.11 Å². The van der Waals surface area contributed by atoms with Gasteiger partial charge in [-0.05, 0) is 42.5 Å². The van der Waals surface area contributed by atoms with Gasteiger partial charge in [-0.1, -0.05) is 15.9 Å². The second-order valence-corrected chi connectivity index (χ2v) is 4.28. The first-order chi connectivity index (χ1) is 6.18. The number of aliphatic hydroxyl groups excluding tert-OH is 1. The van der Waals surface area contributed by atoms with Crippen molar-refractivity contribution in [1.29, 1.82) is 0 Å². The highest BCUT2D eigenvalue weighted by atomic mass is 79.9. The molecule has 70 valence electrons. The van der Waals surface area contributed by atoms with Crippen molar-refractivity contribution in [2.75, 3.05) is 0 Å². The van der Waals surface area contributed by atoms with Gasteiger partial charge in [0, 0.05) is 4.47 Å². The molecule has 0 radical (unpaired) electrons. The second-order valence-electron chi connectivity index (χ2n) is 3.36. The Balaban J connectivity index is 2.56. The molecule has 1 unspecified atom stereocenters. The van der Waals surface area contributed by atoms with Gasteiger partial charge in [0.25, 0.3) is 0 Å². The van der Waals surface area contributed by atoms with Gasteiger partial charge in [0.05, 0.1) is 6.10 Å². The van der Waals surface area contributed by atoms with Crippen LogP contribution in [0.3, 0.4) is 0 Å². The topological polar surface area (TPSA) is 20.2 Å². The quantitative estimate of drug-likeness (QED) is 0.745.